The van der Waals surface area contributed by atoms with Gasteiger partial charge in [-0.2, -0.15) is 22.7 Å². The molecular weight excluding hydrogens is 290 g/mol. The number of thiophene rings is 2. The van der Waals surface area contributed by atoms with Crippen LogP contribution < -0.4 is 5.32 Å². The molecule has 1 aliphatic rings. The van der Waals surface area contributed by atoms with Gasteiger partial charge in [0, 0.05) is 36.1 Å². The molecule has 0 atom stereocenters. The molecule has 5 heteroatoms. The van der Waals surface area contributed by atoms with Gasteiger partial charge in [-0.25, -0.2) is 0 Å². The van der Waals surface area contributed by atoms with E-state index in [2.05, 4.69) is 22.1 Å². The molecule has 0 saturated carbocycles. The number of ether oxygens (including phenoxy) is 1. The van der Waals surface area contributed by atoms with Crippen LogP contribution in [0.2, 0.25) is 0 Å². The molecule has 2 aromatic heterocycles. The maximum absolute atomic E-state index is 12.1. The molecule has 0 aliphatic carbocycles. The van der Waals surface area contributed by atoms with Crippen LogP contribution in [0.5, 0.6) is 0 Å². The number of amides is 1. The lowest BCUT2D eigenvalue weighted by atomic mass is 9.75. The van der Waals surface area contributed by atoms with Gasteiger partial charge < -0.3 is 10.1 Å². The van der Waals surface area contributed by atoms with Crippen molar-refractivity contribution in [1.29, 1.82) is 0 Å². The molecule has 3 rings (SSSR count). The summed E-state index contributed by atoms with van der Waals surface area (Å²) in [5, 5.41) is 11.2. The molecule has 3 heterocycles. The Kier molecular flexibility index (Phi) is 4.19. The maximum atomic E-state index is 12.1. The average molecular weight is 307 g/mol. The van der Waals surface area contributed by atoms with Crippen LogP contribution in [0.25, 0.3) is 0 Å². The summed E-state index contributed by atoms with van der Waals surface area (Å²) in [6.45, 7) is 2.22. The van der Waals surface area contributed by atoms with E-state index in [0.29, 0.717) is 6.54 Å². The summed E-state index contributed by atoms with van der Waals surface area (Å²) in [5.41, 5.74) is 2.11. The van der Waals surface area contributed by atoms with Crippen molar-refractivity contribution in [2.75, 3.05) is 19.8 Å². The predicted octanol–water partition coefficient (Wildman–Crippen LogP) is 3.29. The largest absolute Gasteiger partial charge is 0.381 e. The Morgan fingerprint density at radius 3 is 2.60 bits per heavy atom. The fourth-order valence-electron chi connectivity index (χ4n) is 2.64. The first-order valence-corrected chi connectivity index (χ1v) is 8.60. The monoisotopic (exact) mass is 307 g/mol. The number of hydrogen-bond acceptors (Lipinski definition) is 4. The molecule has 0 aromatic carbocycles. The molecule has 0 spiro atoms. The van der Waals surface area contributed by atoms with Crippen LogP contribution in [0.3, 0.4) is 0 Å². The van der Waals surface area contributed by atoms with Gasteiger partial charge in [-0.05, 0) is 46.7 Å². The summed E-state index contributed by atoms with van der Waals surface area (Å²) in [6, 6.07) is 4.04. The number of nitrogens with one attached hydrogen (secondary N) is 1. The fraction of sp³-hybridized carbons (Fsp3) is 0.400. The van der Waals surface area contributed by atoms with Gasteiger partial charge in [0.2, 0.25) is 0 Å². The van der Waals surface area contributed by atoms with Crippen molar-refractivity contribution in [1.82, 2.24) is 5.32 Å². The Labute approximate surface area is 126 Å². The zero-order chi connectivity index (χ0) is 13.8. The Morgan fingerprint density at radius 2 is 1.95 bits per heavy atom. The van der Waals surface area contributed by atoms with Crippen LogP contribution in [-0.2, 0) is 10.2 Å². The molecule has 1 aliphatic heterocycles. The van der Waals surface area contributed by atoms with Crippen LogP contribution in [0.1, 0.15) is 28.8 Å². The van der Waals surface area contributed by atoms with Crippen molar-refractivity contribution < 1.29 is 9.53 Å². The number of hydrogen-bond donors (Lipinski definition) is 1. The lowest BCUT2D eigenvalue weighted by Crippen LogP contribution is -2.44. The lowest BCUT2D eigenvalue weighted by molar-refractivity contribution is 0.0488. The van der Waals surface area contributed by atoms with E-state index < -0.39 is 0 Å². The summed E-state index contributed by atoms with van der Waals surface area (Å²) in [7, 11) is 0. The van der Waals surface area contributed by atoms with Gasteiger partial charge >= 0.3 is 0 Å². The Balaban J connectivity index is 1.72. The Bertz CT molecular complexity index is 542. The SMILES string of the molecule is O=C(NCC1(c2ccsc2)CCOCC1)c1ccsc1. The van der Waals surface area contributed by atoms with Crippen LogP contribution in [0.15, 0.2) is 33.7 Å². The van der Waals surface area contributed by atoms with Gasteiger partial charge in [0.1, 0.15) is 0 Å². The molecular formula is C15H17NO2S2. The van der Waals surface area contributed by atoms with Gasteiger partial charge in [0.05, 0.1) is 0 Å². The summed E-state index contributed by atoms with van der Waals surface area (Å²) in [4.78, 5) is 12.1. The number of carbonyl (C=O) groups is 1. The van der Waals surface area contributed by atoms with Crippen molar-refractivity contribution in [3.63, 3.8) is 0 Å². The summed E-state index contributed by atoms with van der Waals surface area (Å²) >= 11 is 3.26. The molecule has 1 amide bonds. The van der Waals surface area contributed by atoms with Crippen molar-refractivity contribution in [3.8, 4) is 0 Å². The van der Waals surface area contributed by atoms with Crippen LogP contribution in [0, 0.1) is 0 Å². The quantitative estimate of drug-likeness (QED) is 0.941. The third kappa shape index (κ3) is 2.80. The normalized spacial score (nSPS) is 17.8. The lowest BCUT2D eigenvalue weighted by Gasteiger charge is -2.37. The zero-order valence-electron chi connectivity index (χ0n) is 11.1. The average Bonchev–Trinajstić information content (AvgIpc) is 3.18. The van der Waals surface area contributed by atoms with E-state index in [4.69, 9.17) is 4.74 Å². The van der Waals surface area contributed by atoms with Crippen molar-refractivity contribution in [2.45, 2.75) is 18.3 Å². The van der Waals surface area contributed by atoms with Crippen molar-refractivity contribution in [3.05, 3.63) is 44.8 Å². The van der Waals surface area contributed by atoms with Gasteiger partial charge in [-0.3, -0.25) is 4.79 Å². The van der Waals surface area contributed by atoms with E-state index in [9.17, 15) is 4.79 Å². The number of carbonyl (C=O) groups excluding carboxylic acids is 1. The summed E-state index contributed by atoms with van der Waals surface area (Å²) < 4.78 is 5.49. The third-order valence-corrected chi connectivity index (χ3v) is 5.32. The Morgan fingerprint density at radius 1 is 1.20 bits per heavy atom. The minimum absolute atomic E-state index is 0.0207. The molecule has 0 unspecified atom stereocenters. The highest BCUT2D eigenvalue weighted by Gasteiger charge is 2.35. The molecule has 1 fully saturated rings. The second kappa shape index (κ2) is 6.08. The van der Waals surface area contributed by atoms with E-state index in [1.165, 1.54) is 5.56 Å². The minimum atomic E-state index is 0.0207. The second-order valence-corrected chi connectivity index (χ2v) is 6.66. The van der Waals surface area contributed by atoms with Gasteiger partial charge in [-0.1, -0.05) is 0 Å². The summed E-state index contributed by atoms with van der Waals surface area (Å²) in [6.07, 6.45) is 1.93. The summed E-state index contributed by atoms with van der Waals surface area (Å²) in [5.74, 6) is 0.0207. The second-order valence-electron chi connectivity index (χ2n) is 5.10. The first-order chi connectivity index (χ1) is 9.80. The standard InChI is InChI=1S/C15H17NO2S2/c17-14(12-1-7-19-9-12)16-11-15(3-5-18-6-4-15)13-2-8-20-10-13/h1-2,7-10H,3-6,11H2,(H,16,17). The number of rotatable bonds is 4. The first kappa shape index (κ1) is 13.8. The van der Waals surface area contributed by atoms with Gasteiger partial charge in [0.15, 0.2) is 0 Å². The third-order valence-electron chi connectivity index (χ3n) is 3.95. The van der Waals surface area contributed by atoms with E-state index >= 15 is 0 Å². The van der Waals surface area contributed by atoms with Crippen LogP contribution in [-0.4, -0.2) is 25.7 Å². The highest BCUT2D eigenvalue weighted by Crippen LogP contribution is 2.35. The Hall–Kier alpha value is -1.17. The highest BCUT2D eigenvalue weighted by molar-refractivity contribution is 7.08. The molecule has 2 aromatic rings. The smallest absolute Gasteiger partial charge is 0.252 e. The van der Waals surface area contributed by atoms with Gasteiger partial charge in [0.25, 0.3) is 5.91 Å². The van der Waals surface area contributed by atoms with Gasteiger partial charge in [-0.15, -0.1) is 0 Å². The molecule has 1 N–H and O–H groups in total. The van der Waals surface area contributed by atoms with Crippen LogP contribution >= 0.6 is 22.7 Å². The molecule has 3 nitrogen and oxygen atoms in total. The molecule has 1 saturated heterocycles. The first-order valence-electron chi connectivity index (χ1n) is 6.71. The zero-order valence-corrected chi connectivity index (χ0v) is 12.8. The molecule has 0 radical (unpaired) electrons. The van der Waals surface area contributed by atoms with Crippen molar-refractivity contribution >= 4 is 28.6 Å². The predicted molar refractivity (Wildman–Crippen MR) is 82.7 cm³/mol. The highest BCUT2D eigenvalue weighted by atomic mass is 32.1. The molecule has 0 bridgehead atoms. The van der Waals surface area contributed by atoms with Crippen LogP contribution in [0.4, 0.5) is 0 Å². The van der Waals surface area contributed by atoms with E-state index in [0.717, 1.165) is 31.6 Å². The van der Waals surface area contributed by atoms with E-state index in [1.807, 2.05) is 16.8 Å². The maximum Gasteiger partial charge on any atom is 0.252 e. The van der Waals surface area contributed by atoms with E-state index in [-0.39, 0.29) is 11.3 Å². The van der Waals surface area contributed by atoms with E-state index in [1.54, 1.807) is 22.7 Å². The minimum Gasteiger partial charge on any atom is -0.381 e. The molecule has 106 valence electrons. The molecule has 20 heavy (non-hydrogen) atoms. The topological polar surface area (TPSA) is 38.3 Å². The fourth-order valence-corrected chi connectivity index (χ4v) is 4.06. The van der Waals surface area contributed by atoms with Crippen molar-refractivity contribution in [2.24, 2.45) is 0 Å².